The number of aryl methyl sites for hydroxylation is 1. The van der Waals surface area contributed by atoms with Crippen molar-refractivity contribution in [2.24, 2.45) is 13.0 Å². The Kier molecular flexibility index (Phi) is 9.82. The number of halogens is 3. The number of hydrogen-bond donors (Lipinski definition) is 2. The molecular formula is C34H41ClF2N4O5. The smallest absolute Gasteiger partial charge is 0.306 e. The predicted octanol–water partition coefficient (Wildman–Crippen LogP) is 5.25. The minimum atomic E-state index is -0.886. The average Bonchev–Trinajstić information content (AvgIpc) is 3.76. The van der Waals surface area contributed by atoms with Crippen molar-refractivity contribution in [1.82, 2.24) is 14.4 Å². The van der Waals surface area contributed by atoms with Crippen LogP contribution in [0.25, 0.3) is 6.08 Å². The van der Waals surface area contributed by atoms with Crippen LogP contribution in [0.5, 0.6) is 0 Å². The zero-order valence-electron chi connectivity index (χ0n) is 26.0. The summed E-state index contributed by atoms with van der Waals surface area (Å²) in [6.45, 7) is 1.63. The van der Waals surface area contributed by atoms with E-state index >= 15 is 4.39 Å². The zero-order valence-corrected chi connectivity index (χ0v) is 26.8. The lowest BCUT2D eigenvalue weighted by Crippen LogP contribution is -2.41. The summed E-state index contributed by atoms with van der Waals surface area (Å²) < 4.78 is 37.6. The molecule has 6 rings (SSSR count). The van der Waals surface area contributed by atoms with Crippen LogP contribution in [-0.2, 0) is 34.2 Å². The quantitative estimate of drug-likeness (QED) is 0.382. The molecule has 1 aromatic carbocycles. The molecule has 2 aliphatic carbocycles. The van der Waals surface area contributed by atoms with Crippen molar-refractivity contribution < 1.29 is 33.0 Å². The van der Waals surface area contributed by atoms with E-state index in [1.807, 2.05) is 23.8 Å². The Balaban J connectivity index is 1.12. The van der Waals surface area contributed by atoms with E-state index in [0.29, 0.717) is 63.7 Å². The van der Waals surface area contributed by atoms with Crippen LogP contribution >= 0.6 is 11.6 Å². The number of alkyl halides is 1. The second-order valence-corrected chi connectivity index (χ2v) is 13.5. The van der Waals surface area contributed by atoms with E-state index < -0.39 is 23.9 Å². The minimum Gasteiger partial charge on any atom is -0.481 e. The number of carbonyl (C=O) groups excluding carboxylic acids is 2. The number of likely N-dealkylation sites (tertiary alicyclic amines) is 2. The molecular weight excluding hydrogens is 618 g/mol. The highest BCUT2D eigenvalue weighted by atomic mass is 35.5. The fraction of sp³-hybridized carbons (Fsp3) is 0.559. The molecule has 0 radical (unpaired) electrons. The SMILES string of the molecule is Cn1cc(C(=O)Nc2cc(F)c(CC(=O)N3C[C@@H](N4CC[C@H](F)C4)C[C@H]3COC3CCC(C(=O)O)CC3)cc2Cl)c2c1CCC=C2. The number of ether oxygens (including phenoxy) is 1. The van der Waals surface area contributed by atoms with E-state index in [9.17, 15) is 23.9 Å². The Bertz CT molecular complexity index is 1520. The predicted molar refractivity (Wildman–Crippen MR) is 170 cm³/mol. The summed E-state index contributed by atoms with van der Waals surface area (Å²) in [6.07, 6.45) is 9.74. The third kappa shape index (κ3) is 7.01. The monoisotopic (exact) mass is 658 g/mol. The molecule has 248 valence electrons. The lowest BCUT2D eigenvalue weighted by Gasteiger charge is -2.30. The van der Waals surface area contributed by atoms with Gasteiger partial charge in [-0.1, -0.05) is 23.8 Å². The number of hydrogen-bond acceptors (Lipinski definition) is 5. The Morgan fingerprint density at radius 2 is 1.91 bits per heavy atom. The van der Waals surface area contributed by atoms with Crippen LogP contribution in [-0.4, -0.2) is 87.9 Å². The maximum Gasteiger partial charge on any atom is 0.306 e. The van der Waals surface area contributed by atoms with Gasteiger partial charge in [-0.2, -0.15) is 0 Å². The average molecular weight is 659 g/mol. The van der Waals surface area contributed by atoms with Crippen LogP contribution in [0.1, 0.15) is 72.1 Å². The Morgan fingerprint density at radius 1 is 1.13 bits per heavy atom. The van der Waals surface area contributed by atoms with Gasteiger partial charge in [0.2, 0.25) is 5.91 Å². The molecule has 0 spiro atoms. The first-order valence-electron chi connectivity index (χ1n) is 16.2. The summed E-state index contributed by atoms with van der Waals surface area (Å²) in [5.74, 6) is -2.45. The lowest BCUT2D eigenvalue weighted by molar-refractivity contribution is -0.144. The molecule has 0 unspecified atom stereocenters. The normalized spacial score (nSPS) is 26.3. The van der Waals surface area contributed by atoms with E-state index in [-0.39, 0.29) is 59.3 Å². The molecule has 2 amide bonds. The van der Waals surface area contributed by atoms with Gasteiger partial charge in [-0.15, -0.1) is 0 Å². The topological polar surface area (TPSA) is 104 Å². The maximum atomic E-state index is 15.4. The standard InChI is InChI=1S/C34H41ClF2N4O5/c1-39-18-27(26-4-2-3-5-31(26)39)33(43)38-30-15-29(37)21(12-28(30)35)13-32(42)41-17-23(40-11-10-22(36)16-40)14-24(41)19-46-25-8-6-20(7-9-25)34(44)45/h2,4,12,15,18,20,22-25H,3,5-11,13-14,16-17,19H2,1H3,(H,38,43)(H,44,45)/t20?,22-,23-,24-,25?/m0/s1. The zero-order chi connectivity index (χ0) is 32.5. The highest BCUT2D eigenvalue weighted by Gasteiger charge is 2.41. The third-order valence-electron chi connectivity index (χ3n) is 10.1. The summed E-state index contributed by atoms with van der Waals surface area (Å²) in [4.78, 5) is 42.0. The van der Waals surface area contributed by atoms with Gasteiger partial charge in [0, 0.05) is 50.2 Å². The number of nitrogens with one attached hydrogen (secondary N) is 1. The van der Waals surface area contributed by atoms with E-state index in [1.54, 1.807) is 11.1 Å². The Labute approximate surface area is 272 Å². The van der Waals surface area contributed by atoms with Gasteiger partial charge in [-0.05, 0) is 69.1 Å². The van der Waals surface area contributed by atoms with Crippen molar-refractivity contribution in [2.45, 2.75) is 82.1 Å². The molecule has 3 heterocycles. The van der Waals surface area contributed by atoms with E-state index in [4.69, 9.17) is 16.3 Å². The van der Waals surface area contributed by atoms with Gasteiger partial charge >= 0.3 is 5.97 Å². The van der Waals surface area contributed by atoms with Gasteiger partial charge in [0.1, 0.15) is 12.0 Å². The lowest BCUT2D eigenvalue weighted by atomic mass is 9.87. The summed E-state index contributed by atoms with van der Waals surface area (Å²) >= 11 is 6.52. The summed E-state index contributed by atoms with van der Waals surface area (Å²) in [5.41, 5.74) is 2.63. The molecule has 0 bridgehead atoms. The number of anilines is 1. The number of benzene rings is 1. The largest absolute Gasteiger partial charge is 0.481 e. The number of fused-ring (bicyclic) bond motifs is 1. The number of carboxylic acid groups (broad SMARTS) is 1. The summed E-state index contributed by atoms with van der Waals surface area (Å²) in [6, 6.07) is 2.25. The van der Waals surface area contributed by atoms with E-state index in [2.05, 4.69) is 10.2 Å². The molecule has 2 aromatic rings. The van der Waals surface area contributed by atoms with Crippen molar-refractivity contribution in [3.05, 3.63) is 57.6 Å². The van der Waals surface area contributed by atoms with Crippen molar-refractivity contribution in [3.8, 4) is 0 Å². The molecule has 1 saturated carbocycles. The number of rotatable bonds is 9. The second kappa shape index (κ2) is 13.8. The van der Waals surface area contributed by atoms with E-state index in [1.165, 1.54) is 6.07 Å². The molecule has 3 atom stereocenters. The molecule has 46 heavy (non-hydrogen) atoms. The molecule has 2 saturated heterocycles. The van der Waals surface area contributed by atoms with Crippen LogP contribution in [0.4, 0.5) is 14.5 Å². The highest BCUT2D eigenvalue weighted by Crippen LogP contribution is 2.32. The van der Waals surface area contributed by atoms with E-state index in [0.717, 1.165) is 30.2 Å². The number of carboxylic acids is 1. The molecule has 4 aliphatic rings. The van der Waals surface area contributed by atoms with Gasteiger partial charge in [0.25, 0.3) is 5.91 Å². The minimum absolute atomic E-state index is 0.0225. The number of aromatic nitrogens is 1. The number of aliphatic carboxylic acids is 1. The number of nitrogens with zero attached hydrogens (tertiary/aromatic N) is 3. The van der Waals surface area contributed by atoms with Crippen molar-refractivity contribution in [2.75, 3.05) is 31.6 Å². The maximum absolute atomic E-state index is 15.4. The van der Waals surface area contributed by atoms with Crippen molar-refractivity contribution >= 4 is 41.1 Å². The highest BCUT2D eigenvalue weighted by molar-refractivity contribution is 6.34. The second-order valence-electron chi connectivity index (χ2n) is 13.1. The molecule has 3 fully saturated rings. The van der Waals surface area contributed by atoms with Gasteiger partial charge in [0.15, 0.2) is 0 Å². The number of carbonyl (C=O) groups is 3. The molecule has 2 aliphatic heterocycles. The Hall–Kier alpha value is -3.28. The first kappa shape index (κ1) is 32.7. The number of amides is 2. The fourth-order valence-corrected chi connectivity index (χ4v) is 7.71. The molecule has 1 aromatic heterocycles. The van der Waals surface area contributed by atoms with Crippen LogP contribution in [0.15, 0.2) is 24.4 Å². The molecule has 9 nitrogen and oxygen atoms in total. The van der Waals surface area contributed by atoms with Gasteiger partial charge in [0.05, 0.1) is 47.4 Å². The first-order valence-corrected chi connectivity index (χ1v) is 16.6. The van der Waals surface area contributed by atoms with Crippen molar-refractivity contribution in [3.63, 3.8) is 0 Å². The molecule has 2 N–H and O–H groups in total. The Morgan fingerprint density at radius 3 is 2.63 bits per heavy atom. The van der Waals surface area contributed by atoms with Crippen LogP contribution in [0.3, 0.4) is 0 Å². The van der Waals surface area contributed by atoms with Gasteiger partial charge < -0.3 is 24.6 Å². The summed E-state index contributed by atoms with van der Waals surface area (Å²) in [5, 5.41) is 12.2. The fourth-order valence-electron chi connectivity index (χ4n) is 7.48. The third-order valence-corrected chi connectivity index (χ3v) is 10.4. The van der Waals surface area contributed by atoms with Gasteiger partial charge in [-0.3, -0.25) is 19.3 Å². The summed E-state index contributed by atoms with van der Waals surface area (Å²) in [7, 11) is 1.89. The molecule has 12 heteroatoms. The van der Waals surface area contributed by atoms with Crippen molar-refractivity contribution in [1.29, 1.82) is 0 Å². The van der Waals surface area contributed by atoms with Crippen LogP contribution in [0, 0.1) is 11.7 Å². The van der Waals surface area contributed by atoms with Gasteiger partial charge in [-0.25, -0.2) is 8.78 Å². The first-order chi connectivity index (χ1) is 22.1. The van der Waals surface area contributed by atoms with Crippen LogP contribution in [0.2, 0.25) is 5.02 Å². The number of allylic oxidation sites excluding steroid dienone is 1. The van der Waals surface area contributed by atoms with Crippen LogP contribution < -0.4 is 5.32 Å².